The van der Waals surface area contributed by atoms with Crippen LogP contribution in [0.2, 0.25) is 0 Å². The van der Waals surface area contributed by atoms with Crippen molar-refractivity contribution < 1.29 is 14.3 Å². The molecule has 0 saturated carbocycles. The lowest BCUT2D eigenvalue weighted by atomic mass is 9.97. The van der Waals surface area contributed by atoms with E-state index in [0.29, 0.717) is 25.3 Å². The van der Waals surface area contributed by atoms with E-state index in [1.807, 2.05) is 37.3 Å². The molecule has 0 bridgehead atoms. The number of hydrogen-bond donors (Lipinski definition) is 1. The Hall–Kier alpha value is -2.75. The van der Waals surface area contributed by atoms with E-state index in [1.165, 1.54) is 42.4 Å². The summed E-state index contributed by atoms with van der Waals surface area (Å²) >= 11 is 0. The van der Waals surface area contributed by atoms with Gasteiger partial charge in [-0.3, -0.25) is 4.79 Å². The fourth-order valence-corrected chi connectivity index (χ4v) is 3.66. The van der Waals surface area contributed by atoms with Gasteiger partial charge < -0.3 is 14.8 Å². The van der Waals surface area contributed by atoms with Gasteiger partial charge in [0.25, 0.3) is 5.91 Å². The Labute approximate surface area is 180 Å². The van der Waals surface area contributed by atoms with Crippen LogP contribution in [0, 0.1) is 13.8 Å². The Kier molecular flexibility index (Phi) is 7.95. The van der Waals surface area contributed by atoms with Crippen LogP contribution in [0.5, 0.6) is 11.5 Å². The molecule has 30 heavy (non-hydrogen) atoms. The summed E-state index contributed by atoms with van der Waals surface area (Å²) in [6.45, 7) is 7.70. The molecule has 4 nitrogen and oxygen atoms in total. The van der Waals surface area contributed by atoms with E-state index in [9.17, 15) is 4.79 Å². The Bertz CT molecular complexity index is 901. The molecule has 0 radical (unpaired) electrons. The first-order valence-electron chi connectivity index (χ1n) is 11.0. The van der Waals surface area contributed by atoms with Crippen LogP contribution in [-0.2, 0) is 6.61 Å². The van der Waals surface area contributed by atoms with Gasteiger partial charge in [0.05, 0.1) is 6.61 Å². The number of rotatable bonds is 9. The molecule has 3 rings (SSSR count). The fraction of sp³-hybridized carbons (Fsp3) is 0.423. The number of amides is 1. The van der Waals surface area contributed by atoms with Crippen molar-refractivity contribution in [3.63, 3.8) is 0 Å². The highest BCUT2D eigenvalue weighted by molar-refractivity contribution is 5.94. The lowest BCUT2D eigenvalue weighted by Crippen LogP contribution is -2.25. The van der Waals surface area contributed by atoms with E-state index in [2.05, 4.69) is 31.3 Å². The van der Waals surface area contributed by atoms with Crippen molar-refractivity contribution in [3.05, 3.63) is 70.3 Å². The van der Waals surface area contributed by atoms with Crippen LogP contribution >= 0.6 is 0 Å². The van der Waals surface area contributed by atoms with Crippen LogP contribution in [-0.4, -0.2) is 19.1 Å². The van der Waals surface area contributed by atoms with Gasteiger partial charge in [0.2, 0.25) is 0 Å². The zero-order valence-corrected chi connectivity index (χ0v) is 18.4. The molecule has 0 spiro atoms. The molecular weight excluding hydrogens is 374 g/mol. The number of nitrogens with one attached hydrogen (secondary N) is 1. The van der Waals surface area contributed by atoms with Gasteiger partial charge in [-0.05, 0) is 94.3 Å². The van der Waals surface area contributed by atoms with Gasteiger partial charge in [0.15, 0.2) is 0 Å². The SMILES string of the molecule is CCOc1ccc(C(=O)NCCC2=CCCCC2)cc1COc1ccc(C)c(C)c1. The second-order valence-corrected chi connectivity index (χ2v) is 7.90. The van der Waals surface area contributed by atoms with Crippen LogP contribution < -0.4 is 14.8 Å². The topological polar surface area (TPSA) is 47.6 Å². The van der Waals surface area contributed by atoms with Gasteiger partial charge in [0, 0.05) is 17.7 Å². The standard InChI is InChI=1S/C26H33NO3/c1-4-29-25-13-11-22(26(28)27-15-14-21-8-6-5-7-9-21)17-23(25)18-30-24-12-10-19(2)20(3)16-24/h8,10-13,16-17H,4-7,9,14-15,18H2,1-3H3,(H,27,28). The van der Waals surface area contributed by atoms with Crippen molar-refractivity contribution >= 4 is 5.91 Å². The Morgan fingerprint density at radius 3 is 2.63 bits per heavy atom. The molecule has 1 amide bonds. The molecule has 1 aliphatic rings. The van der Waals surface area contributed by atoms with E-state index in [-0.39, 0.29) is 5.91 Å². The molecular formula is C26H33NO3. The van der Waals surface area contributed by atoms with Gasteiger partial charge in [-0.25, -0.2) is 0 Å². The summed E-state index contributed by atoms with van der Waals surface area (Å²) in [6.07, 6.45) is 8.16. The summed E-state index contributed by atoms with van der Waals surface area (Å²) in [6, 6.07) is 11.6. The van der Waals surface area contributed by atoms with Crippen molar-refractivity contribution in [1.29, 1.82) is 0 Å². The fourth-order valence-electron chi connectivity index (χ4n) is 3.66. The van der Waals surface area contributed by atoms with Gasteiger partial charge in [-0.2, -0.15) is 0 Å². The predicted octanol–water partition coefficient (Wildman–Crippen LogP) is 5.90. The molecule has 0 aliphatic heterocycles. The maximum atomic E-state index is 12.7. The Morgan fingerprint density at radius 2 is 1.90 bits per heavy atom. The molecule has 2 aromatic rings. The highest BCUT2D eigenvalue weighted by Gasteiger charge is 2.12. The quantitative estimate of drug-likeness (QED) is 0.526. The molecule has 160 valence electrons. The molecule has 0 heterocycles. The minimum absolute atomic E-state index is 0.0538. The van der Waals surface area contributed by atoms with E-state index in [0.717, 1.165) is 23.5 Å². The number of allylic oxidation sites excluding steroid dienone is 1. The van der Waals surface area contributed by atoms with Gasteiger partial charge in [0.1, 0.15) is 18.1 Å². The van der Waals surface area contributed by atoms with Gasteiger partial charge >= 0.3 is 0 Å². The predicted molar refractivity (Wildman–Crippen MR) is 121 cm³/mol. The number of aryl methyl sites for hydroxylation is 2. The number of ether oxygens (including phenoxy) is 2. The largest absolute Gasteiger partial charge is 0.493 e. The second kappa shape index (κ2) is 10.9. The lowest BCUT2D eigenvalue weighted by Gasteiger charge is -2.15. The monoisotopic (exact) mass is 407 g/mol. The Morgan fingerprint density at radius 1 is 1.03 bits per heavy atom. The Balaban J connectivity index is 1.64. The third kappa shape index (κ3) is 6.12. The number of carbonyl (C=O) groups excluding carboxylic acids is 1. The molecule has 1 N–H and O–H groups in total. The summed E-state index contributed by atoms with van der Waals surface area (Å²) in [7, 11) is 0. The van der Waals surface area contributed by atoms with Crippen molar-refractivity contribution in [1.82, 2.24) is 5.32 Å². The average Bonchev–Trinajstić information content (AvgIpc) is 2.76. The number of carbonyl (C=O) groups is 1. The third-order valence-electron chi connectivity index (χ3n) is 5.61. The summed E-state index contributed by atoms with van der Waals surface area (Å²) in [5.74, 6) is 1.52. The van der Waals surface area contributed by atoms with Crippen molar-refractivity contribution in [2.45, 2.75) is 59.5 Å². The molecule has 0 atom stereocenters. The van der Waals surface area contributed by atoms with Crippen LogP contribution in [0.3, 0.4) is 0 Å². The van der Waals surface area contributed by atoms with E-state index in [1.54, 1.807) is 0 Å². The molecule has 0 aromatic heterocycles. The molecule has 0 fully saturated rings. The molecule has 4 heteroatoms. The summed E-state index contributed by atoms with van der Waals surface area (Å²) in [4.78, 5) is 12.7. The average molecular weight is 408 g/mol. The normalized spacial score (nSPS) is 13.5. The lowest BCUT2D eigenvalue weighted by molar-refractivity contribution is 0.0954. The summed E-state index contributed by atoms with van der Waals surface area (Å²) in [5, 5.41) is 3.05. The zero-order valence-electron chi connectivity index (χ0n) is 18.4. The van der Waals surface area contributed by atoms with E-state index < -0.39 is 0 Å². The van der Waals surface area contributed by atoms with Crippen molar-refractivity contribution in [2.75, 3.05) is 13.2 Å². The minimum atomic E-state index is -0.0538. The van der Waals surface area contributed by atoms with Crippen LogP contribution in [0.4, 0.5) is 0 Å². The first-order chi connectivity index (χ1) is 14.6. The van der Waals surface area contributed by atoms with Crippen LogP contribution in [0.15, 0.2) is 48.0 Å². The highest BCUT2D eigenvalue weighted by atomic mass is 16.5. The molecule has 2 aromatic carbocycles. The summed E-state index contributed by atoms with van der Waals surface area (Å²) < 4.78 is 11.7. The first kappa shape index (κ1) is 21.9. The third-order valence-corrected chi connectivity index (χ3v) is 5.61. The van der Waals surface area contributed by atoms with E-state index >= 15 is 0 Å². The van der Waals surface area contributed by atoms with Gasteiger partial charge in [-0.1, -0.05) is 17.7 Å². The smallest absolute Gasteiger partial charge is 0.251 e. The number of benzene rings is 2. The van der Waals surface area contributed by atoms with Crippen LogP contribution in [0.25, 0.3) is 0 Å². The molecule has 0 unspecified atom stereocenters. The van der Waals surface area contributed by atoms with Crippen LogP contribution in [0.1, 0.15) is 66.1 Å². The first-order valence-corrected chi connectivity index (χ1v) is 11.0. The van der Waals surface area contributed by atoms with E-state index in [4.69, 9.17) is 9.47 Å². The van der Waals surface area contributed by atoms with Crippen molar-refractivity contribution in [2.24, 2.45) is 0 Å². The van der Waals surface area contributed by atoms with Crippen molar-refractivity contribution in [3.8, 4) is 11.5 Å². The molecule has 1 aliphatic carbocycles. The number of hydrogen-bond acceptors (Lipinski definition) is 3. The highest BCUT2D eigenvalue weighted by Crippen LogP contribution is 2.24. The maximum Gasteiger partial charge on any atom is 0.251 e. The zero-order chi connectivity index (χ0) is 21.3. The maximum absolute atomic E-state index is 12.7. The minimum Gasteiger partial charge on any atom is -0.493 e. The second-order valence-electron chi connectivity index (χ2n) is 7.90. The van der Waals surface area contributed by atoms with Gasteiger partial charge in [-0.15, -0.1) is 0 Å². The molecule has 0 saturated heterocycles. The summed E-state index contributed by atoms with van der Waals surface area (Å²) in [5.41, 5.74) is 5.40.